The first-order valence-electron chi connectivity index (χ1n) is 7.81. The highest BCUT2D eigenvalue weighted by atomic mass is 16.4. The van der Waals surface area contributed by atoms with Gasteiger partial charge in [-0.3, -0.25) is 0 Å². The molecule has 9 heteroatoms. The predicted octanol–water partition coefficient (Wildman–Crippen LogP) is 1.89. The van der Waals surface area contributed by atoms with E-state index in [-0.39, 0.29) is 13.1 Å². The summed E-state index contributed by atoms with van der Waals surface area (Å²) in [5.74, 6) is -0.750. The maximum Gasteiger partial charge on any atom is 0.348 e. The molecule has 0 bridgehead atoms. The number of imide groups is 1. The summed E-state index contributed by atoms with van der Waals surface area (Å²) in [6, 6.07) is 8.93. The molecule has 2 heterocycles. The van der Waals surface area contributed by atoms with Crippen LogP contribution in [0.1, 0.15) is 17.4 Å². The monoisotopic (exact) mass is 356 g/mol. The lowest BCUT2D eigenvalue weighted by Gasteiger charge is -2.19. The quantitative estimate of drug-likeness (QED) is 0.794. The Morgan fingerprint density at radius 3 is 2.62 bits per heavy atom. The molecule has 1 aromatic heterocycles. The van der Waals surface area contributed by atoms with Crippen LogP contribution in [-0.2, 0) is 4.79 Å². The van der Waals surface area contributed by atoms with Crippen LogP contribution in [-0.4, -0.2) is 52.4 Å². The number of carbonyl (C=O) groups is 3. The van der Waals surface area contributed by atoms with Crippen molar-refractivity contribution in [1.82, 2.24) is 15.2 Å². The zero-order chi connectivity index (χ0) is 18.5. The molecule has 1 aliphatic heterocycles. The molecule has 4 amide bonds. The minimum Gasteiger partial charge on any atom is -0.479 e. The number of hydrazone groups is 1. The lowest BCUT2D eigenvalue weighted by molar-refractivity contribution is -0.139. The van der Waals surface area contributed by atoms with Crippen LogP contribution < -0.4 is 5.32 Å². The summed E-state index contributed by atoms with van der Waals surface area (Å²) in [5.41, 5.74) is 0.410. The maximum atomic E-state index is 12.4. The van der Waals surface area contributed by atoms with E-state index in [9.17, 15) is 19.5 Å². The van der Waals surface area contributed by atoms with Crippen molar-refractivity contribution in [2.75, 3.05) is 13.1 Å². The smallest absolute Gasteiger partial charge is 0.348 e. The van der Waals surface area contributed by atoms with Gasteiger partial charge in [0.15, 0.2) is 6.04 Å². The predicted molar refractivity (Wildman–Crippen MR) is 90.5 cm³/mol. The van der Waals surface area contributed by atoms with Gasteiger partial charge in [-0.25, -0.2) is 24.3 Å². The lowest BCUT2D eigenvalue weighted by Crippen LogP contribution is -2.45. The van der Waals surface area contributed by atoms with Crippen LogP contribution in [0.4, 0.5) is 9.59 Å². The molecule has 1 saturated heterocycles. The topological polar surface area (TPSA) is 115 Å². The number of furan rings is 1. The van der Waals surface area contributed by atoms with Crippen LogP contribution in [0.3, 0.4) is 0 Å². The molecule has 1 fully saturated rings. The van der Waals surface area contributed by atoms with Crippen LogP contribution >= 0.6 is 0 Å². The molecule has 9 nitrogen and oxygen atoms in total. The molecular formula is C17H16N4O5. The summed E-state index contributed by atoms with van der Waals surface area (Å²) >= 11 is 0. The Hall–Kier alpha value is -3.62. The second-order valence-electron chi connectivity index (χ2n) is 5.45. The molecule has 0 aliphatic carbocycles. The second-order valence-corrected chi connectivity index (χ2v) is 5.45. The van der Waals surface area contributed by atoms with Gasteiger partial charge in [0.05, 0.1) is 25.6 Å². The third-order valence-electron chi connectivity index (χ3n) is 3.75. The number of nitrogens with zero attached hydrogens (tertiary/aromatic N) is 3. The van der Waals surface area contributed by atoms with E-state index in [4.69, 9.17) is 4.42 Å². The zero-order valence-electron chi connectivity index (χ0n) is 13.6. The van der Waals surface area contributed by atoms with Crippen LogP contribution in [0.25, 0.3) is 0 Å². The fourth-order valence-corrected chi connectivity index (χ4v) is 2.45. The fraction of sp³-hybridized carbons (Fsp3) is 0.176. The number of hydrogen-bond donors (Lipinski definition) is 2. The average Bonchev–Trinajstić information content (AvgIpc) is 3.28. The zero-order valence-corrected chi connectivity index (χ0v) is 13.6. The van der Waals surface area contributed by atoms with Crippen LogP contribution in [0.5, 0.6) is 0 Å². The van der Waals surface area contributed by atoms with Crippen molar-refractivity contribution in [3.8, 4) is 0 Å². The van der Waals surface area contributed by atoms with Crippen LogP contribution in [0.2, 0.25) is 0 Å². The van der Waals surface area contributed by atoms with Gasteiger partial charge in [-0.05, 0) is 17.7 Å². The Kier molecular flexibility index (Phi) is 4.97. The number of benzene rings is 1. The number of rotatable bonds is 5. The summed E-state index contributed by atoms with van der Waals surface area (Å²) in [6.45, 7) is 0.299. The first kappa shape index (κ1) is 17.2. The fourth-order valence-electron chi connectivity index (χ4n) is 2.45. The van der Waals surface area contributed by atoms with Gasteiger partial charge in [-0.15, -0.1) is 0 Å². The number of carboxylic acid groups (broad SMARTS) is 1. The summed E-state index contributed by atoms with van der Waals surface area (Å²) in [6.07, 6.45) is 2.84. The van der Waals surface area contributed by atoms with Crippen molar-refractivity contribution in [3.63, 3.8) is 0 Å². The van der Waals surface area contributed by atoms with Gasteiger partial charge in [0.2, 0.25) is 0 Å². The first-order valence-corrected chi connectivity index (χ1v) is 7.81. The summed E-state index contributed by atoms with van der Waals surface area (Å²) in [5, 5.41) is 16.8. The van der Waals surface area contributed by atoms with E-state index in [0.29, 0.717) is 11.3 Å². The molecule has 1 atom stereocenters. The molecule has 2 aromatic rings. The number of hydrogen-bond acceptors (Lipinski definition) is 5. The van der Waals surface area contributed by atoms with Crippen molar-refractivity contribution in [1.29, 1.82) is 0 Å². The SMILES string of the molecule is O=C(O)C(NC(=O)N1CCN(N=Cc2ccco2)C1=O)c1ccccc1. The Labute approximate surface area is 148 Å². The Balaban J connectivity index is 1.66. The highest BCUT2D eigenvalue weighted by Gasteiger charge is 2.35. The van der Waals surface area contributed by atoms with Gasteiger partial charge < -0.3 is 14.8 Å². The number of carboxylic acids is 1. The molecule has 0 radical (unpaired) electrons. The van der Waals surface area contributed by atoms with E-state index in [0.717, 1.165) is 9.91 Å². The van der Waals surface area contributed by atoms with E-state index in [1.807, 2.05) is 0 Å². The highest BCUT2D eigenvalue weighted by molar-refractivity contribution is 5.96. The van der Waals surface area contributed by atoms with Gasteiger partial charge in [0, 0.05) is 0 Å². The minimum atomic E-state index is -1.25. The minimum absolute atomic E-state index is 0.0985. The Bertz CT molecular complexity index is 819. The molecule has 26 heavy (non-hydrogen) atoms. The van der Waals surface area contributed by atoms with Crippen molar-refractivity contribution in [3.05, 3.63) is 60.1 Å². The third-order valence-corrected chi connectivity index (χ3v) is 3.75. The molecule has 1 aliphatic rings. The van der Waals surface area contributed by atoms with Crippen molar-refractivity contribution in [2.45, 2.75) is 6.04 Å². The lowest BCUT2D eigenvalue weighted by atomic mass is 10.1. The number of carbonyl (C=O) groups excluding carboxylic acids is 2. The van der Waals surface area contributed by atoms with Gasteiger partial charge in [-0.1, -0.05) is 30.3 Å². The van der Waals surface area contributed by atoms with Crippen molar-refractivity contribution >= 4 is 24.2 Å². The van der Waals surface area contributed by atoms with Crippen LogP contribution in [0.15, 0.2) is 58.2 Å². The summed E-state index contributed by atoms with van der Waals surface area (Å²) in [7, 11) is 0. The van der Waals surface area contributed by atoms with Crippen molar-refractivity contribution in [2.24, 2.45) is 5.10 Å². The highest BCUT2D eigenvalue weighted by Crippen LogP contribution is 2.15. The molecule has 0 spiro atoms. The molecule has 3 rings (SSSR count). The van der Waals surface area contributed by atoms with E-state index >= 15 is 0 Å². The average molecular weight is 356 g/mol. The van der Waals surface area contributed by atoms with Gasteiger partial charge in [0.1, 0.15) is 5.76 Å². The van der Waals surface area contributed by atoms with E-state index in [1.54, 1.807) is 42.5 Å². The normalized spacial score (nSPS) is 15.5. The second kappa shape index (κ2) is 7.51. The summed E-state index contributed by atoms with van der Waals surface area (Å²) < 4.78 is 5.09. The molecule has 1 aromatic carbocycles. The Morgan fingerprint density at radius 1 is 1.19 bits per heavy atom. The van der Waals surface area contributed by atoms with Crippen LogP contribution in [0, 0.1) is 0 Å². The first-order chi connectivity index (χ1) is 12.6. The van der Waals surface area contributed by atoms with Crippen molar-refractivity contribution < 1.29 is 23.9 Å². The molecular weight excluding hydrogens is 340 g/mol. The molecule has 134 valence electrons. The third kappa shape index (κ3) is 3.72. The Morgan fingerprint density at radius 2 is 1.96 bits per heavy atom. The van der Waals surface area contributed by atoms with Gasteiger partial charge >= 0.3 is 18.0 Å². The van der Waals surface area contributed by atoms with Gasteiger partial charge in [-0.2, -0.15) is 5.10 Å². The number of aliphatic carboxylic acids is 1. The summed E-state index contributed by atoms with van der Waals surface area (Å²) in [4.78, 5) is 37.0. The van der Waals surface area contributed by atoms with E-state index in [2.05, 4.69) is 10.4 Å². The molecule has 0 saturated carbocycles. The van der Waals surface area contributed by atoms with Gasteiger partial charge in [0.25, 0.3) is 0 Å². The van der Waals surface area contributed by atoms with E-state index in [1.165, 1.54) is 12.5 Å². The largest absolute Gasteiger partial charge is 0.479 e. The number of nitrogens with one attached hydrogen (secondary N) is 1. The molecule has 2 N–H and O–H groups in total. The van der Waals surface area contributed by atoms with E-state index < -0.39 is 24.1 Å². The standard InChI is InChI=1S/C17H16N4O5/c22-15(23)14(12-5-2-1-3-6-12)19-16(24)20-8-9-21(17(20)25)18-11-13-7-4-10-26-13/h1-7,10-11,14H,8-9H2,(H,19,24)(H,22,23). The number of urea groups is 2. The maximum absolute atomic E-state index is 12.4. The number of amides is 4. The molecule has 1 unspecified atom stereocenters.